The average molecular weight is 239 g/mol. The predicted octanol–water partition coefficient (Wildman–Crippen LogP) is 2.49. The van der Waals surface area contributed by atoms with Gasteiger partial charge in [-0.15, -0.1) is 0 Å². The first kappa shape index (κ1) is 11.1. The van der Waals surface area contributed by atoms with Gasteiger partial charge in [0.05, 0.1) is 5.92 Å². The summed E-state index contributed by atoms with van der Waals surface area (Å²) in [5.41, 5.74) is 0.877. The number of carboxylic acids is 1. The lowest BCUT2D eigenvalue weighted by atomic mass is 9.89. The minimum Gasteiger partial charge on any atom is -0.481 e. The minimum atomic E-state index is -0.897. The molecule has 16 heavy (non-hydrogen) atoms. The Labute approximate surface area is 98.0 Å². The third-order valence-corrected chi connectivity index (χ3v) is 3.25. The number of halogens is 1. The maximum Gasteiger partial charge on any atom is 0.307 e. The van der Waals surface area contributed by atoms with Gasteiger partial charge in [-0.1, -0.05) is 23.7 Å². The van der Waals surface area contributed by atoms with Gasteiger partial charge in [0.1, 0.15) is 5.78 Å². The molecule has 1 aromatic carbocycles. The van der Waals surface area contributed by atoms with Crippen LogP contribution in [0, 0.1) is 5.92 Å². The monoisotopic (exact) mass is 238 g/mol. The van der Waals surface area contributed by atoms with Crippen molar-refractivity contribution in [2.75, 3.05) is 0 Å². The van der Waals surface area contributed by atoms with Crippen molar-refractivity contribution >= 4 is 23.4 Å². The highest BCUT2D eigenvalue weighted by molar-refractivity contribution is 6.30. The lowest BCUT2D eigenvalue weighted by Crippen LogP contribution is -2.16. The molecular formula is C12H11ClO3. The van der Waals surface area contributed by atoms with Gasteiger partial charge in [0.2, 0.25) is 0 Å². The highest BCUT2D eigenvalue weighted by Crippen LogP contribution is 2.38. The van der Waals surface area contributed by atoms with Crippen LogP contribution in [0.2, 0.25) is 5.02 Å². The molecule has 2 atom stereocenters. The number of carboxylic acid groups (broad SMARTS) is 1. The number of rotatable bonds is 2. The molecule has 1 fully saturated rings. The summed E-state index contributed by atoms with van der Waals surface area (Å²) in [6.07, 6.45) is 0.460. The van der Waals surface area contributed by atoms with E-state index < -0.39 is 11.9 Å². The van der Waals surface area contributed by atoms with Gasteiger partial charge in [0.25, 0.3) is 0 Å². The smallest absolute Gasteiger partial charge is 0.307 e. The van der Waals surface area contributed by atoms with Gasteiger partial charge in [-0.2, -0.15) is 0 Å². The van der Waals surface area contributed by atoms with Gasteiger partial charge in [0.15, 0.2) is 0 Å². The number of carbonyl (C=O) groups excluding carboxylic acids is 1. The zero-order valence-electron chi connectivity index (χ0n) is 8.52. The fraction of sp³-hybridized carbons (Fsp3) is 0.333. The fourth-order valence-corrected chi connectivity index (χ4v) is 2.30. The number of benzene rings is 1. The van der Waals surface area contributed by atoms with Crippen LogP contribution in [0.3, 0.4) is 0 Å². The molecule has 2 rings (SSSR count). The second kappa shape index (κ2) is 4.26. The van der Waals surface area contributed by atoms with E-state index in [-0.39, 0.29) is 18.1 Å². The van der Waals surface area contributed by atoms with E-state index in [1.54, 1.807) is 24.3 Å². The molecule has 1 N–H and O–H groups in total. The Bertz CT molecular complexity index is 424. The number of aliphatic carboxylic acids is 1. The molecule has 0 spiro atoms. The zero-order valence-corrected chi connectivity index (χ0v) is 9.28. The van der Waals surface area contributed by atoms with Gasteiger partial charge in [-0.25, -0.2) is 0 Å². The number of Topliss-reactive ketones (excluding diaryl/α,β-unsaturated/α-hetero) is 1. The SMILES string of the molecule is O=C1C[C@@H](C(=O)O)[C@H](c2ccc(Cl)cc2)C1. The molecule has 84 valence electrons. The lowest BCUT2D eigenvalue weighted by molar-refractivity contribution is -0.142. The van der Waals surface area contributed by atoms with E-state index in [0.717, 1.165) is 5.56 Å². The van der Waals surface area contributed by atoms with Crippen molar-refractivity contribution in [3.63, 3.8) is 0 Å². The Hall–Kier alpha value is -1.35. The van der Waals surface area contributed by atoms with Gasteiger partial charge >= 0.3 is 5.97 Å². The molecule has 4 heteroatoms. The summed E-state index contributed by atoms with van der Waals surface area (Å²) in [4.78, 5) is 22.3. The molecule has 0 amide bonds. The van der Waals surface area contributed by atoms with Crippen molar-refractivity contribution in [2.45, 2.75) is 18.8 Å². The topological polar surface area (TPSA) is 54.4 Å². The van der Waals surface area contributed by atoms with Crippen molar-refractivity contribution in [3.8, 4) is 0 Å². The van der Waals surface area contributed by atoms with Crippen LogP contribution in [0.15, 0.2) is 24.3 Å². The zero-order chi connectivity index (χ0) is 11.7. The van der Waals surface area contributed by atoms with Crippen LogP contribution >= 0.6 is 11.6 Å². The van der Waals surface area contributed by atoms with Crippen LogP contribution in [0.1, 0.15) is 24.3 Å². The van der Waals surface area contributed by atoms with Gasteiger partial charge in [-0.05, 0) is 17.7 Å². The molecule has 1 aromatic rings. The number of ketones is 1. The molecule has 0 saturated heterocycles. The second-order valence-electron chi connectivity index (χ2n) is 4.05. The van der Waals surface area contributed by atoms with E-state index in [9.17, 15) is 9.59 Å². The average Bonchev–Trinajstić information content (AvgIpc) is 2.61. The minimum absolute atomic E-state index is 0.0207. The van der Waals surface area contributed by atoms with Crippen LogP contribution in [0.25, 0.3) is 0 Å². The third kappa shape index (κ3) is 2.09. The molecule has 0 bridgehead atoms. The largest absolute Gasteiger partial charge is 0.481 e. The van der Waals surface area contributed by atoms with E-state index in [4.69, 9.17) is 16.7 Å². The molecule has 0 aliphatic heterocycles. The van der Waals surface area contributed by atoms with E-state index in [0.29, 0.717) is 11.4 Å². The molecular weight excluding hydrogens is 228 g/mol. The number of hydrogen-bond donors (Lipinski definition) is 1. The Kier molecular flexibility index (Phi) is 2.97. The summed E-state index contributed by atoms with van der Waals surface area (Å²) in [6, 6.07) is 7.03. The Morgan fingerprint density at radius 1 is 1.25 bits per heavy atom. The van der Waals surface area contributed by atoms with Crippen LogP contribution < -0.4 is 0 Å². The maximum absolute atomic E-state index is 11.3. The first-order valence-corrected chi connectivity index (χ1v) is 5.45. The predicted molar refractivity (Wildman–Crippen MR) is 59.6 cm³/mol. The van der Waals surface area contributed by atoms with Crippen LogP contribution in [0.4, 0.5) is 0 Å². The summed E-state index contributed by atoms with van der Waals surface area (Å²) < 4.78 is 0. The number of hydrogen-bond acceptors (Lipinski definition) is 2. The van der Waals surface area contributed by atoms with E-state index in [1.165, 1.54) is 0 Å². The Morgan fingerprint density at radius 2 is 1.88 bits per heavy atom. The summed E-state index contributed by atoms with van der Waals surface area (Å²) in [6.45, 7) is 0. The summed E-state index contributed by atoms with van der Waals surface area (Å²) in [7, 11) is 0. The standard InChI is InChI=1S/C12H11ClO3/c13-8-3-1-7(2-4-8)10-5-9(14)6-11(10)12(15)16/h1-4,10-11H,5-6H2,(H,15,16)/t10-,11+/m0/s1. The molecule has 1 aliphatic carbocycles. The van der Waals surface area contributed by atoms with Gasteiger partial charge < -0.3 is 5.11 Å². The molecule has 0 aromatic heterocycles. The molecule has 1 aliphatic rings. The van der Waals surface area contributed by atoms with E-state index >= 15 is 0 Å². The maximum atomic E-state index is 11.3. The summed E-state index contributed by atoms with van der Waals surface area (Å²) >= 11 is 5.76. The van der Waals surface area contributed by atoms with Gasteiger partial charge in [-0.3, -0.25) is 9.59 Å². The molecule has 0 heterocycles. The highest BCUT2D eigenvalue weighted by atomic mass is 35.5. The lowest BCUT2D eigenvalue weighted by Gasteiger charge is -2.14. The van der Waals surface area contributed by atoms with Crippen molar-refractivity contribution in [1.82, 2.24) is 0 Å². The quantitative estimate of drug-likeness (QED) is 0.861. The fourth-order valence-electron chi connectivity index (χ4n) is 2.18. The van der Waals surface area contributed by atoms with E-state index in [2.05, 4.69) is 0 Å². The summed E-state index contributed by atoms with van der Waals surface area (Å²) in [5, 5.41) is 9.65. The third-order valence-electron chi connectivity index (χ3n) is 3.00. The Balaban J connectivity index is 2.28. The van der Waals surface area contributed by atoms with Crippen molar-refractivity contribution < 1.29 is 14.7 Å². The van der Waals surface area contributed by atoms with Gasteiger partial charge in [0, 0.05) is 23.8 Å². The van der Waals surface area contributed by atoms with Crippen molar-refractivity contribution in [1.29, 1.82) is 0 Å². The molecule has 3 nitrogen and oxygen atoms in total. The van der Waals surface area contributed by atoms with Crippen molar-refractivity contribution in [3.05, 3.63) is 34.9 Å². The molecule has 0 unspecified atom stereocenters. The van der Waals surface area contributed by atoms with Crippen LogP contribution in [0.5, 0.6) is 0 Å². The van der Waals surface area contributed by atoms with E-state index in [1.807, 2.05) is 0 Å². The molecule has 0 radical (unpaired) electrons. The molecule has 1 saturated carbocycles. The second-order valence-corrected chi connectivity index (χ2v) is 4.49. The van der Waals surface area contributed by atoms with Crippen LogP contribution in [-0.2, 0) is 9.59 Å². The van der Waals surface area contributed by atoms with Crippen molar-refractivity contribution in [2.24, 2.45) is 5.92 Å². The first-order chi connectivity index (χ1) is 7.58. The Morgan fingerprint density at radius 3 is 2.44 bits per heavy atom. The normalized spacial score (nSPS) is 24.7. The van der Waals surface area contributed by atoms with Crippen LogP contribution in [-0.4, -0.2) is 16.9 Å². The number of carbonyl (C=O) groups is 2. The highest BCUT2D eigenvalue weighted by Gasteiger charge is 2.38. The first-order valence-electron chi connectivity index (χ1n) is 5.08. The summed E-state index contributed by atoms with van der Waals surface area (Å²) in [5.74, 6) is -1.67.